The Morgan fingerprint density at radius 3 is 2.55 bits per heavy atom. The molecule has 0 bridgehead atoms. The van der Waals surface area contributed by atoms with E-state index in [9.17, 15) is 4.39 Å². The molecule has 1 aliphatic heterocycles. The number of nitrogens with zero attached hydrogens (tertiary/aromatic N) is 1. The van der Waals surface area contributed by atoms with Gasteiger partial charge in [0.15, 0.2) is 17.5 Å². The second-order valence-electron chi connectivity index (χ2n) is 6.90. The van der Waals surface area contributed by atoms with E-state index in [1.54, 1.807) is 19.2 Å². The Labute approximate surface area is 170 Å². The smallest absolute Gasteiger partial charge is 0.163 e. The summed E-state index contributed by atoms with van der Waals surface area (Å²) in [4.78, 5) is 0. The second kappa shape index (κ2) is 8.17. The molecule has 2 heterocycles. The minimum atomic E-state index is -0.240. The van der Waals surface area contributed by atoms with Gasteiger partial charge in [-0.3, -0.25) is 0 Å². The molecule has 0 aliphatic carbocycles. The maximum atomic E-state index is 14.8. The summed E-state index contributed by atoms with van der Waals surface area (Å²) in [5.41, 5.74) is 3.74. The predicted molar refractivity (Wildman–Crippen MR) is 109 cm³/mol. The van der Waals surface area contributed by atoms with Crippen LogP contribution in [0.1, 0.15) is 36.7 Å². The van der Waals surface area contributed by atoms with Gasteiger partial charge in [-0.05, 0) is 50.2 Å². The molecule has 3 aromatic rings. The van der Waals surface area contributed by atoms with E-state index in [2.05, 4.69) is 9.88 Å². The van der Waals surface area contributed by atoms with Crippen LogP contribution in [-0.4, -0.2) is 24.9 Å². The van der Waals surface area contributed by atoms with Crippen molar-refractivity contribution in [3.8, 4) is 22.9 Å². The number of aromatic nitrogens is 1. The minimum Gasteiger partial charge on any atom is -0.497 e. The number of quaternary nitrogens is 1. The fourth-order valence-electron chi connectivity index (χ4n) is 3.92. The van der Waals surface area contributed by atoms with Crippen molar-refractivity contribution in [1.82, 2.24) is 4.57 Å². The Morgan fingerprint density at radius 2 is 1.83 bits per heavy atom. The standard InChI is InChI=1S/C23H25FN2O3/c1-4-28-21-11-15-14-25-23(17-12-16(27-3)8-9-18(17)24)19-7-6-10-26(19)20(15)13-22(21)29-5-2/h6-13,23,25H,4-5,14H2,1-3H3/p+1. The normalized spacial score (nSPS) is 15.2. The summed E-state index contributed by atoms with van der Waals surface area (Å²) in [5, 5.41) is 2.14. The SMILES string of the molecule is CCOc1cc2c(cc1OCC)-n1cccc1C(c1cc(OC)ccc1F)[NH2+]C2. The van der Waals surface area contributed by atoms with Crippen molar-refractivity contribution in [2.24, 2.45) is 0 Å². The predicted octanol–water partition coefficient (Wildman–Crippen LogP) is 3.59. The van der Waals surface area contributed by atoms with Crippen LogP contribution in [-0.2, 0) is 6.54 Å². The summed E-state index contributed by atoms with van der Waals surface area (Å²) in [7, 11) is 1.59. The summed E-state index contributed by atoms with van der Waals surface area (Å²) >= 11 is 0. The molecule has 0 amide bonds. The van der Waals surface area contributed by atoms with Crippen LogP contribution in [0.2, 0.25) is 0 Å². The monoisotopic (exact) mass is 397 g/mol. The first-order chi connectivity index (χ1) is 14.2. The van der Waals surface area contributed by atoms with Gasteiger partial charge >= 0.3 is 0 Å². The van der Waals surface area contributed by atoms with Crippen LogP contribution in [0.25, 0.3) is 5.69 Å². The number of rotatable bonds is 6. The summed E-state index contributed by atoms with van der Waals surface area (Å²) in [6.45, 7) is 5.72. The number of hydrogen-bond donors (Lipinski definition) is 1. The highest BCUT2D eigenvalue weighted by Gasteiger charge is 2.30. The zero-order valence-corrected chi connectivity index (χ0v) is 16.9. The lowest BCUT2D eigenvalue weighted by molar-refractivity contribution is -0.702. The lowest BCUT2D eigenvalue weighted by atomic mass is 10.0. The van der Waals surface area contributed by atoms with E-state index >= 15 is 0 Å². The molecule has 1 atom stereocenters. The van der Waals surface area contributed by atoms with Gasteiger partial charge in [-0.25, -0.2) is 4.39 Å². The zero-order chi connectivity index (χ0) is 20.4. The second-order valence-corrected chi connectivity index (χ2v) is 6.90. The van der Waals surface area contributed by atoms with E-state index in [-0.39, 0.29) is 11.9 Å². The van der Waals surface area contributed by atoms with E-state index in [1.807, 2.05) is 44.3 Å². The fraction of sp³-hybridized carbons (Fsp3) is 0.304. The molecule has 0 fully saturated rings. The van der Waals surface area contributed by atoms with E-state index in [4.69, 9.17) is 14.2 Å². The third-order valence-corrected chi connectivity index (χ3v) is 5.21. The number of halogens is 1. The van der Waals surface area contributed by atoms with E-state index in [0.29, 0.717) is 31.1 Å². The van der Waals surface area contributed by atoms with E-state index in [0.717, 1.165) is 28.4 Å². The third kappa shape index (κ3) is 3.56. The molecular weight excluding hydrogens is 371 g/mol. The highest BCUT2D eigenvalue weighted by molar-refractivity contribution is 5.56. The van der Waals surface area contributed by atoms with Crippen molar-refractivity contribution in [2.75, 3.05) is 20.3 Å². The van der Waals surface area contributed by atoms with Gasteiger partial charge in [-0.1, -0.05) is 0 Å². The van der Waals surface area contributed by atoms with Gasteiger partial charge in [0, 0.05) is 17.8 Å². The maximum Gasteiger partial charge on any atom is 0.163 e. The average Bonchev–Trinajstić information content (AvgIpc) is 3.15. The highest BCUT2D eigenvalue weighted by atomic mass is 19.1. The zero-order valence-electron chi connectivity index (χ0n) is 16.9. The van der Waals surface area contributed by atoms with Crippen LogP contribution in [0.15, 0.2) is 48.7 Å². The quantitative estimate of drug-likeness (QED) is 0.692. The number of hydrogen-bond acceptors (Lipinski definition) is 3. The van der Waals surface area contributed by atoms with Gasteiger partial charge in [0.25, 0.3) is 0 Å². The molecule has 29 heavy (non-hydrogen) atoms. The number of methoxy groups -OCH3 is 1. The lowest BCUT2D eigenvalue weighted by Crippen LogP contribution is -2.83. The van der Waals surface area contributed by atoms with Crippen LogP contribution in [0.5, 0.6) is 17.2 Å². The topological polar surface area (TPSA) is 49.2 Å². The summed E-state index contributed by atoms with van der Waals surface area (Å²) in [6.07, 6.45) is 2.01. The van der Waals surface area contributed by atoms with Gasteiger partial charge in [0.05, 0.1) is 37.3 Å². The molecule has 5 nitrogen and oxygen atoms in total. The molecule has 1 unspecified atom stereocenters. The molecule has 0 radical (unpaired) electrons. The molecule has 1 aromatic heterocycles. The Kier molecular flexibility index (Phi) is 5.45. The first kappa shape index (κ1) is 19.3. The van der Waals surface area contributed by atoms with Crippen molar-refractivity contribution in [3.63, 3.8) is 0 Å². The highest BCUT2D eigenvalue weighted by Crippen LogP contribution is 2.36. The molecule has 2 aromatic carbocycles. The van der Waals surface area contributed by atoms with Gasteiger partial charge in [-0.2, -0.15) is 0 Å². The lowest BCUT2D eigenvalue weighted by Gasteiger charge is -2.17. The van der Waals surface area contributed by atoms with Crippen molar-refractivity contribution in [2.45, 2.75) is 26.4 Å². The van der Waals surface area contributed by atoms with Crippen LogP contribution in [0, 0.1) is 5.82 Å². The summed E-state index contributed by atoms with van der Waals surface area (Å²) < 4.78 is 33.8. The maximum absolute atomic E-state index is 14.8. The van der Waals surface area contributed by atoms with Crippen molar-refractivity contribution >= 4 is 0 Å². The van der Waals surface area contributed by atoms with Crippen LogP contribution >= 0.6 is 0 Å². The van der Waals surface area contributed by atoms with Gasteiger partial charge in [0.2, 0.25) is 0 Å². The Morgan fingerprint density at radius 1 is 1.07 bits per heavy atom. The molecule has 2 N–H and O–H groups in total. The van der Waals surface area contributed by atoms with Crippen LogP contribution < -0.4 is 19.5 Å². The molecule has 0 saturated carbocycles. The molecule has 4 rings (SSSR count). The molecule has 152 valence electrons. The fourth-order valence-corrected chi connectivity index (χ4v) is 3.92. The molecular formula is C23H26FN2O3+. The third-order valence-electron chi connectivity index (χ3n) is 5.21. The Balaban J connectivity index is 1.83. The number of nitrogens with two attached hydrogens (primary N) is 1. The molecule has 0 spiro atoms. The van der Waals surface area contributed by atoms with Gasteiger partial charge in [-0.15, -0.1) is 0 Å². The first-order valence-corrected chi connectivity index (χ1v) is 9.93. The van der Waals surface area contributed by atoms with Crippen LogP contribution in [0.3, 0.4) is 0 Å². The Hall–Kier alpha value is -2.99. The van der Waals surface area contributed by atoms with Gasteiger partial charge < -0.3 is 24.1 Å². The van der Waals surface area contributed by atoms with Crippen molar-refractivity contribution < 1.29 is 23.9 Å². The summed E-state index contributed by atoms with van der Waals surface area (Å²) in [5.74, 6) is 1.86. The first-order valence-electron chi connectivity index (χ1n) is 9.93. The van der Waals surface area contributed by atoms with Crippen LogP contribution in [0.4, 0.5) is 4.39 Å². The number of benzene rings is 2. The molecule has 1 aliphatic rings. The molecule has 6 heteroatoms. The van der Waals surface area contributed by atoms with Crippen molar-refractivity contribution in [1.29, 1.82) is 0 Å². The van der Waals surface area contributed by atoms with E-state index < -0.39 is 0 Å². The van der Waals surface area contributed by atoms with E-state index in [1.165, 1.54) is 6.07 Å². The largest absolute Gasteiger partial charge is 0.497 e. The number of fused-ring (bicyclic) bond motifs is 3. The molecule has 0 saturated heterocycles. The Bertz CT molecular complexity index is 1020. The van der Waals surface area contributed by atoms with Gasteiger partial charge in [0.1, 0.15) is 18.1 Å². The summed E-state index contributed by atoms with van der Waals surface area (Å²) in [6, 6.07) is 12.8. The van der Waals surface area contributed by atoms with Crippen molar-refractivity contribution in [3.05, 3.63) is 71.3 Å². The average molecular weight is 397 g/mol. The number of ether oxygens (including phenoxy) is 3. The minimum absolute atomic E-state index is 0.196.